The lowest BCUT2D eigenvalue weighted by atomic mass is 10.0. The summed E-state index contributed by atoms with van der Waals surface area (Å²) in [6.45, 7) is 1.92. The van der Waals surface area contributed by atoms with Gasteiger partial charge in [-0.1, -0.05) is 16.8 Å². The molecule has 3 rings (SSSR count). The van der Waals surface area contributed by atoms with Crippen LogP contribution in [-0.2, 0) is 0 Å². The fourth-order valence-electron chi connectivity index (χ4n) is 2.14. The molecule has 4 nitrogen and oxygen atoms in total. The van der Waals surface area contributed by atoms with Crippen molar-refractivity contribution in [3.63, 3.8) is 0 Å². The summed E-state index contributed by atoms with van der Waals surface area (Å²) < 4.78 is 18.3. The van der Waals surface area contributed by atoms with Gasteiger partial charge in [0.15, 0.2) is 0 Å². The first kappa shape index (κ1) is 13.6. The smallest absolute Gasteiger partial charge is 0.230 e. The van der Waals surface area contributed by atoms with Crippen molar-refractivity contribution < 1.29 is 8.91 Å². The maximum atomic E-state index is 13.2. The molecule has 106 valence electrons. The van der Waals surface area contributed by atoms with Gasteiger partial charge in [0.05, 0.1) is 10.6 Å². The number of benzene rings is 1. The Morgan fingerprint density at radius 2 is 2.05 bits per heavy atom. The van der Waals surface area contributed by atoms with Crippen LogP contribution in [0.1, 0.15) is 5.56 Å². The number of aryl methyl sites for hydroxylation is 1. The number of nitrogens with zero attached hydrogens (tertiary/aromatic N) is 2. The summed E-state index contributed by atoms with van der Waals surface area (Å²) in [6, 6.07) is 5.99. The standard InChI is InChI=1S/C15H11ClFN3O/c1-8-4-9(7-19-6-8)14-13(15(18)21-20-14)11-3-2-10(17)5-12(11)16/h2-7H,18H2,1H3. The summed E-state index contributed by atoms with van der Waals surface area (Å²) >= 11 is 6.10. The van der Waals surface area contributed by atoms with Crippen molar-refractivity contribution in [2.75, 3.05) is 5.73 Å². The number of hydrogen-bond donors (Lipinski definition) is 1. The van der Waals surface area contributed by atoms with E-state index in [0.717, 1.165) is 11.1 Å². The Bertz CT molecular complexity index is 816. The average Bonchev–Trinajstić information content (AvgIpc) is 2.81. The minimum Gasteiger partial charge on any atom is -0.367 e. The van der Waals surface area contributed by atoms with Crippen LogP contribution in [0.25, 0.3) is 22.4 Å². The van der Waals surface area contributed by atoms with Crippen LogP contribution in [0.2, 0.25) is 5.02 Å². The SMILES string of the molecule is Cc1cncc(-c2noc(N)c2-c2ccc(F)cc2Cl)c1. The van der Waals surface area contributed by atoms with Crippen molar-refractivity contribution >= 4 is 17.5 Å². The predicted octanol–water partition coefficient (Wildman–Crippen LogP) is 4.09. The van der Waals surface area contributed by atoms with Crippen LogP contribution in [0.3, 0.4) is 0 Å². The second kappa shape index (κ2) is 5.18. The van der Waals surface area contributed by atoms with E-state index in [0.29, 0.717) is 16.8 Å². The second-order valence-electron chi connectivity index (χ2n) is 4.65. The molecule has 0 unspecified atom stereocenters. The van der Waals surface area contributed by atoms with Gasteiger partial charge < -0.3 is 10.3 Å². The normalized spacial score (nSPS) is 10.8. The van der Waals surface area contributed by atoms with E-state index < -0.39 is 5.82 Å². The molecule has 21 heavy (non-hydrogen) atoms. The van der Waals surface area contributed by atoms with Gasteiger partial charge >= 0.3 is 0 Å². The quantitative estimate of drug-likeness (QED) is 0.774. The average molecular weight is 304 g/mol. The molecule has 0 spiro atoms. The van der Waals surface area contributed by atoms with Crippen molar-refractivity contribution in [2.45, 2.75) is 6.92 Å². The Labute approximate surface area is 125 Å². The summed E-state index contributed by atoms with van der Waals surface area (Å²) in [5.74, 6) is -0.294. The van der Waals surface area contributed by atoms with Crippen molar-refractivity contribution in [1.29, 1.82) is 0 Å². The number of pyridine rings is 1. The topological polar surface area (TPSA) is 64.9 Å². The highest BCUT2D eigenvalue weighted by Gasteiger charge is 2.20. The van der Waals surface area contributed by atoms with E-state index in [2.05, 4.69) is 10.1 Å². The molecule has 3 aromatic rings. The number of halogens is 2. The van der Waals surface area contributed by atoms with Gasteiger partial charge in [-0.3, -0.25) is 4.98 Å². The first-order valence-electron chi connectivity index (χ1n) is 6.19. The zero-order valence-corrected chi connectivity index (χ0v) is 11.9. The van der Waals surface area contributed by atoms with Gasteiger partial charge in [-0.05, 0) is 36.8 Å². The molecule has 2 heterocycles. The first-order chi connectivity index (χ1) is 10.1. The molecule has 0 bridgehead atoms. The molecule has 0 aliphatic rings. The molecule has 2 N–H and O–H groups in total. The van der Waals surface area contributed by atoms with Gasteiger partial charge in [0.1, 0.15) is 11.5 Å². The largest absolute Gasteiger partial charge is 0.367 e. The molecule has 0 fully saturated rings. The van der Waals surface area contributed by atoms with Crippen LogP contribution in [0.15, 0.2) is 41.2 Å². The molecule has 0 amide bonds. The van der Waals surface area contributed by atoms with Gasteiger partial charge in [-0.15, -0.1) is 0 Å². The Morgan fingerprint density at radius 1 is 1.24 bits per heavy atom. The lowest BCUT2D eigenvalue weighted by Crippen LogP contribution is -1.90. The molecule has 0 saturated heterocycles. The van der Waals surface area contributed by atoms with Crippen LogP contribution >= 0.6 is 11.6 Å². The van der Waals surface area contributed by atoms with Crippen molar-refractivity contribution in [1.82, 2.24) is 10.1 Å². The van der Waals surface area contributed by atoms with E-state index in [1.807, 2.05) is 13.0 Å². The summed E-state index contributed by atoms with van der Waals surface area (Å²) in [4.78, 5) is 4.13. The molecule has 0 radical (unpaired) electrons. The van der Waals surface area contributed by atoms with Crippen molar-refractivity contribution in [2.24, 2.45) is 0 Å². The van der Waals surface area contributed by atoms with E-state index >= 15 is 0 Å². The molecule has 1 aromatic carbocycles. The van der Waals surface area contributed by atoms with E-state index in [1.165, 1.54) is 12.1 Å². The lowest BCUT2D eigenvalue weighted by Gasteiger charge is -2.05. The van der Waals surface area contributed by atoms with Gasteiger partial charge in [0, 0.05) is 23.5 Å². The summed E-state index contributed by atoms with van der Waals surface area (Å²) in [5.41, 5.74) is 9.21. The highest BCUT2D eigenvalue weighted by atomic mass is 35.5. The van der Waals surface area contributed by atoms with Crippen LogP contribution in [0.4, 0.5) is 10.3 Å². The number of aromatic nitrogens is 2. The van der Waals surface area contributed by atoms with Crippen LogP contribution in [-0.4, -0.2) is 10.1 Å². The Balaban J connectivity index is 2.22. The maximum Gasteiger partial charge on any atom is 0.230 e. The predicted molar refractivity (Wildman–Crippen MR) is 79.3 cm³/mol. The third kappa shape index (κ3) is 2.48. The molecule has 0 atom stereocenters. The van der Waals surface area contributed by atoms with Gasteiger partial charge in [-0.2, -0.15) is 0 Å². The summed E-state index contributed by atoms with van der Waals surface area (Å²) in [7, 11) is 0. The zero-order chi connectivity index (χ0) is 15.0. The number of nitrogens with two attached hydrogens (primary N) is 1. The maximum absolute atomic E-state index is 13.2. The number of anilines is 1. The minimum atomic E-state index is -0.419. The van der Waals surface area contributed by atoms with E-state index in [-0.39, 0.29) is 10.9 Å². The van der Waals surface area contributed by atoms with E-state index in [4.69, 9.17) is 21.9 Å². The number of nitrogen functional groups attached to an aromatic ring is 1. The highest BCUT2D eigenvalue weighted by molar-refractivity contribution is 6.33. The third-order valence-corrected chi connectivity index (χ3v) is 3.38. The molecule has 0 aliphatic heterocycles. The summed E-state index contributed by atoms with van der Waals surface area (Å²) in [5, 5.41) is 4.22. The first-order valence-corrected chi connectivity index (χ1v) is 6.56. The Morgan fingerprint density at radius 3 is 2.76 bits per heavy atom. The zero-order valence-electron chi connectivity index (χ0n) is 11.1. The fourth-order valence-corrected chi connectivity index (χ4v) is 2.40. The second-order valence-corrected chi connectivity index (χ2v) is 5.05. The van der Waals surface area contributed by atoms with Gasteiger partial charge in [0.25, 0.3) is 0 Å². The van der Waals surface area contributed by atoms with E-state index in [1.54, 1.807) is 18.5 Å². The number of hydrogen-bond acceptors (Lipinski definition) is 4. The van der Waals surface area contributed by atoms with Gasteiger partial charge in [-0.25, -0.2) is 4.39 Å². The monoisotopic (exact) mass is 303 g/mol. The molecular weight excluding hydrogens is 293 g/mol. The molecular formula is C15H11ClFN3O. The third-order valence-electron chi connectivity index (χ3n) is 3.07. The Hall–Kier alpha value is -2.40. The van der Waals surface area contributed by atoms with Crippen LogP contribution < -0.4 is 5.73 Å². The Kier molecular flexibility index (Phi) is 3.35. The highest BCUT2D eigenvalue weighted by Crippen LogP contribution is 2.39. The molecule has 0 aliphatic carbocycles. The molecule has 0 saturated carbocycles. The van der Waals surface area contributed by atoms with E-state index in [9.17, 15) is 4.39 Å². The summed E-state index contributed by atoms with van der Waals surface area (Å²) in [6.07, 6.45) is 3.39. The van der Waals surface area contributed by atoms with Gasteiger partial charge in [0.2, 0.25) is 5.88 Å². The van der Waals surface area contributed by atoms with Crippen LogP contribution in [0.5, 0.6) is 0 Å². The molecule has 6 heteroatoms. The lowest BCUT2D eigenvalue weighted by molar-refractivity contribution is 0.439. The van der Waals surface area contributed by atoms with Crippen molar-refractivity contribution in [3.05, 3.63) is 53.1 Å². The van der Waals surface area contributed by atoms with Crippen molar-refractivity contribution in [3.8, 4) is 22.4 Å². The van der Waals surface area contributed by atoms with Crippen LogP contribution in [0, 0.1) is 12.7 Å². The number of rotatable bonds is 2. The fraction of sp³-hybridized carbons (Fsp3) is 0.0667. The molecule has 2 aromatic heterocycles. The minimum absolute atomic E-state index is 0.125.